The molecule has 136 valence electrons. The van der Waals surface area contributed by atoms with Gasteiger partial charge >= 0.3 is 5.97 Å². The van der Waals surface area contributed by atoms with Gasteiger partial charge in [0.05, 0.1) is 6.54 Å². The van der Waals surface area contributed by atoms with Crippen LogP contribution in [0.1, 0.15) is 43.4 Å². The Hall–Kier alpha value is -2.39. The van der Waals surface area contributed by atoms with Crippen molar-refractivity contribution in [3.05, 3.63) is 83.4 Å². The molecule has 1 saturated carbocycles. The largest absolute Gasteiger partial charge is 0.460 e. The van der Waals surface area contributed by atoms with Crippen LogP contribution < -0.4 is 0 Å². The number of carbonyl (C=O) groups is 1. The van der Waals surface area contributed by atoms with E-state index in [2.05, 4.69) is 30.0 Å². The molecule has 0 saturated heterocycles. The molecular formula is C23H27NO2. The molecule has 2 aromatic rings. The first-order chi connectivity index (χ1) is 12.7. The molecule has 0 amide bonds. The summed E-state index contributed by atoms with van der Waals surface area (Å²) in [7, 11) is 0. The van der Waals surface area contributed by atoms with Gasteiger partial charge < -0.3 is 4.74 Å². The van der Waals surface area contributed by atoms with Gasteiger partial charge in [-0.2, -0.15) is 0 Å². The van der Waals surface area contributed by atoms with Crippen molar-refractivity contribution in [1.29, 1.82) is 0 Å². The molecule has 0 bridgehead atoms. The van der Waals surface area contributed by atoms with Crippen LogP contribution in [0.4, 0.5) is 0 Å². The second kappa shape index (κ2) is 9.35. The number of ether oxygens (including phenoxy) is 1. The van der Waals surface area contributed by atoms with Crippen molar-refractivity contribution in [3.8, 4) is 0 Å². The van der Waals surface area contributed by atoms with E-state index in [9.17, 15) is 4.79 Å². The number of benzene rings is 2. The van der Waals surface area contributed by atoms with Crippen molar-refractivity contribution in [1.82, 2.24) is 4.90 Å². The summed E-state index contributed by atoms with van der Waals surface area (Å²) in [6.45, 7) is 3.66. The Labute approximate surface area is 156 Å². The lowest BCUT2D eigenvalue weighted by Gasteiger charge is -2.28. The van der Waals surface area contributed by atoms with E-state index in [1.54, 1.807) is 5.57 Å². The van der Waals surface area contributed by atoms with Crippen LogP contribution in [0.15, 0.2) is 72.3 Å². The quantitative estimate of drug-likeness (QED) is 0.476. The number of esters is 1. The van der Waals surface area contributed by atoms with Crippen molar-refractivity contribution in [3.63, 3.8) is 0 Å². The summed E-state index contributed by atoms with van der Waals surface area (Å²) in [4.78, 5) is 14.6. The molecule has 1 aliphatic carbocycles. The zero-order valence-corrected chi connectivity index (χ0v) is 15.4. The minimum atomic E-state index is -0.171. The molecule has 0 unspecified atom stereocenters. The molecule has 0 heterocycles. The molecular weight excluding hydrogens is 322 g/mol. The van der Waals surface area contributed by atoms with Crippen LogP contribution >= 0.6 is 0 Å². The number of allylic oxidation sites excluding steroid dienone is 1. The highest BCUT2D eigenvalue weighted by molar-refractivity contribution is 5.71. The molecule has 1 aliphatic rings. The number of carbonyl (C=O) groups excluding carboxylic acids is 1. The SMILES string of the molecule is C[C@@H](c1ccccc1)N(CCC=C1CC1)CC(=O)OCc1ccccc1. The predicted molar refractivity (Wildman–Crippen MR) is 105 cm³/mol. The number of rotatable bonds is 9. The highest BCUT2D eigenvalue weighted by Crippen LogP contribution is 2.28. The first kappa shape index (κ1) is 18.4. The molecule has 0 spiro atoms. The van der Waals surface area contributed by atoms with Crippen LogP contribution in [0.2, 0.25) is 0 Å². The maximum Gasteiger partial charge on any atom is 0.320 e. The summed E-state index contributed by atoms with van der Waals surface area (Å²) in [5.41, 5.74) is 3.79. The van der Waals surface area contributed by atoms with Crippen LogP contribution in [-0.4, -0.2) is 24.0 Å². The Bertz CT molecular complexity index is 718. The Morgan fingerprint density at radius 2 is 1.73 bits per heavy atom. The van der Waals surface area contributed by atoms with E-state index in [0.717, 1.165) is 18.5 Å². The van der Waals surface area contributed by atoms with Gasteiger partial charge in [-0.05, 0) is 37.3 Å². The normalized spacial score (nSPS) is 14.2. The van der Waals surface area contributed by atoms with Gasteiger partial charge in [0, 0.05) is 12.6 Å². The van der Waals surface area contributed by atoms with Crippen molar-refractivity contribution >= 4 is 5.97 Å². The fraction of sp³-hybridized carbons (Fsp3) is 0.348. The summed E-state index contributed by atoms with van der Waals surface area (Å²) in [5, 5.41) is 0. The van der Waals surface area contributed by atoms with Crippen molar-refractivity contribution < 1.29 is 9.53 Å². The zero-order valence-electron chi connectivity index (χ0n) is 15.4. The van der Waals surface area contributed by atoms with Crippen molar-refractivity contribution in [2.24, 2.45) is 0 Å². The van der Waals surface area contributed by atoms with Gasteiger partial charge in [-0.1, -0.05) is 72.3 Å². The third kappa shape index (κ3) is 5.85. The number of hydrogen-bond acceptors (Lipinski definition) is 3. The molecule has 2 aromatic carbocycles. The molecule has 1 fully saturated rings. The molecule has 0 radical (unpaired) electrons. The lowest BCUT2D eigenvalue weighted by Crippen LogP contribution is -2.34. The van der Waals surface area contributed by atoms with E-state index < -0.39 is 0 Å². The lowest BCUT2D eigenvalue weighted by atomic mass is 10.1. The minimum Gasteiger partial charge on any atom is -0.460 e. The lowest BCUT2D eigenvalue weighted by molar-refractivity contribution is -0.146. The molecule has 3 nitrogen and oxygen atoms in total. The van der Waals surface area contributed by atoms with Crippen molar-refractivity contribution in [2.45, 2.75) is 38.8 Å². The second-order valence-electron chi connectivity index (χ2n) is 6.85. The number of hydrogen-bond donors (Lipinski definition) is 0. The van der Waals surface area contributed by atoms with Crippen LogP contribution in [0.3, 0.4) is 0 Å². The summed E-state index contributed by atoms with van der Waals surface area (Å²) >= 11 is 0. The van der Waals surface area contributed by atoms with Crippen LogP contribution in [-0.2, 0) is 16.1 Å². The number of nitrogens with zero attached hydrogens (tertiary/aromatic N) is 1. The minimum absolute atomic E-state index is 0.171. The van der Waals surface area contributed by atoms with E-state index in [4.69, 9.17) is 4.74 Å². The standard InChI is InChI=1S/C23H27NO2/c1-19(22-12-6-3-7-13-22)24(16-8-11-20-14-15-20)17-23(25)26-18-21-9-4-2-5-10-21/h2-7,9-13,19H,8,14-18H2,1H3/t19-/m0/s1. The predicted octanol–water partition coefficient (Wildman–Crippen LogP) is 4.90. The maximum atomic E-state index is 12.4. The van der Waals surface area contributed by atoms with E-state index in [0.29, 0.717) is 13.2 Å². The van der Waals surface area contributed by atoms with Gasteiger partial charge in [-0.15, -0.1) is 0 Å². The van der Waals surface area contributed by atoms with E-state index >= 15 is 0 Å². The average Bonchev–Trinajstić information content (AvgIpc) is 3.51. The molecule has 0 aliphatic heterocycles. The first-order valence-electron chi connectivity index (χ1n) is 9.39. The zero-order chi connectivity index (χ0) is 18.2. The third-order valence-electron chi connectivity index (χ3n) is 4.79. The molecule has 3 rings (SSSR count). The Balaban J connectivity index is 1.58. The summed E-state index contributed by atoms with van der Waals surface area (Å²) in [6.07, 6.45) is 5.79. The fourth-order valence-electron chi connectivity index (χ4n) is 3.01. The van der Waals surface area contributed by atoms with Crippen LogP contribution in [0.25, 0.3) is 0 Å². The second-order valence-corrected chi connectivity index (χ2v) is 6.85. The van der Waals surface area contributed by atoms with Gasteiger partial charge in [0.1, 0.15) is 6.61 Å². The molecule has 1 atom stereocenters. The Kier molecular flexibility index (Phi) is 6.62. The monoisotopic (exact) mass is 349 g/mol. The van der Waals surface area contributed by atoms with Gasteiger partial charge in [0.25, 0.3) is 0 Å². The highest BCUT2D eigenvalue weighted by atomic mass is 16.5. The molecule has 0 aromatic heterocycles. The van der Waals surface area contributed by atoms with Crippen LogP contribution in [0.5, 0.6) is 0 Å². The van der Waals surface area contributed by atoms with E-state index in [1.807, 2.05) is 48.5 Å². The van der Waals surface area contributed by atoms with Crippen molar-refractivity contribution in [2.75, 3.05) is 13.1 Å². The highest BCUT2D eigenvalue weighted by Gasteiger charge is 2.19. The molecule has 26 heavy (non-hydrogen) atoms. The Morgan fingerprint density at radius 3 is 2.38 bits per heavy atom. The summed E-state index contributed by atoms with van der Waals surface area (Å²) < 4.78 is 5.49. The van der Waals surface area contributed by atoms with Gasteiger partial charge in [0.15, 0.2) is 0 Å². The first-order valence-corrected chi connectivity index (χ1v) is 9.39. The molecule has 0 N–H and O–H groups in total. The smallest absolute Gasteiger partial charge is 0.320 e. The van der Waals surface area contributed by atoms with Gasteiger partial charge in [-0.3, -0.25) is 9.69 Å². The van der Waals surface area contributed by atoms with Gasteiger partial charge in [-0.25, -0.2) is 0 Å². The van der Waals surface area contributed by atoms with E-state index in [-0.39, 0.29) is 12.0 Å². The fourth-order valence-corrected chi connectivity index (χ4v) is 3.01. The maximum absolute atomic E-state index is 12.4. The summed E-state index contributed by atoms with van der Waals surface area (Å²) in [5.74, 6) is -0.171. The molecule has 3 heteroatoms. The van der Waals surface area contributed by atoms with Gasteiger partial charge in [0.2, 0.25) is 0 Å². The Morgan fingerprint density at radius 1 is 1.08 bits per heavy atom. The summed E-state index contributed by atoms with van der Waals surface area (Å²) in [6, 6.07) is 20.3. The van der Waals surface area contributed by atoms with E-state index in [1.165, 1.54) is 18.4 Å². The topological polar surface area (TPSA) is 29.5 Å². The third-order valence-corrected chi connectivity index (χ3v) is 4.79. The average molecular weight is 349 g/mol. The van der Waals surface area contributed by atoms with Crippen LogP contribution in [0, 0.1) is 0 Å².